The number of nitrogens with zero attached hydrogens (tertiary/aromatic N) is 3. The van der Waals surface area contributed by atoms with E-state index in [9.17, 15) is 18.0 Å². The minimum atomic E-state index is -0.775. The van der Waals surface area contributed by atoms with Gasteiger partial charge < -0.3 is 5.32 Å². The van der Waals surface area contributed by atoms with E-state index in [1.165, 1.54) is 51.5 Å². The van der Waals surface area contributed by atoms with Gasteiger partial charge in [-0.1, -0.05) is 5.21 Å². The number of carbonyl (C=O) groups excluding carboxylic acids is 1. The largest absolute Gasteiger partial charge is 0.320 e. The summed E-state index contributed by atoms with van der Waals surface area (Å²) in [6.45, 7) is 1.60. The number of halogens is 4. The van der Waals surface area contributed by atoms with E-state index >= 15 is 0 Å². The van der Waals surface area contributed by atoms with Gasteiger partial charge in [0, 0.05) is 5.69 Å². The molecule has 1 heterocycles. The molecular formula is C16H10F3IN4O. The van der Waals surface area contributed by atoms with Crippen LogP contribution in [0, 0.1) is 27.9 Å². The highest BCUT2D eigenvalue weighted by Crippen LogP contribution is 2.21. The summed E-state index contributed by atoms with van der Waals surface area (Å²) in [4.78, 5) is 12.3. The van der Waals surface area contributed by atoms with Crippen LogP contribution in [0.25, 0.3) is 5.69 Å². The van der Waals surface area contributed by atoms with Gasteiger partial charge >= 0.3 is 0 Å². The SMILES string of the molecule is Cc1c(C(=O)Nc2cc(F)c(I)c(F)c2)nnn1-c1ccc(F)cc1. The molecule has 0 saturated carbocycles. The fraction of sp³-hybridized carbons (Fsp3) is 0.0625. The summed E-state index contributed by atoms with van der Waals surface area (Å²) in [5.74, 6) is -2.61. The summed E-state index contributed by atoms with van der Waals surface area (Å²) in [5.41, 5.74) is 0.882. The molecule has 0 radical (unpaired) electrons. The van der Waals surface area contributed by atoms with Crippen molar-refractivity contribution in [3.63, 3.8) is 0 Å². The van der Waals surface area contributed by atoms with Gasteiger partial charge in [0.2, 0.25) is 0 Å². The van der Waals surface area contributed by atoms with Crippen LogP contribution in [-0.4, -0.2) is 20.9 Å². The molecule has 0 fully saturated rings. The second-order valence-corrected chi connectivity index (χ2v) is 6.20. The second kappa shape index (κ2) is 6.82. The van der Waals surface area contributed by atoms with Crippen molar-refractivity contribution in [3.05, 3.63) is 68.8 Å². The Morgan fingerprint density at radius 1 is 1.12 bits per heavy atom. The Hall–Kier alpha value is -2.43. The number of amides is 1. The van der Waals surface area contributed by atoms with Gasteiger partial charge in [0.25, 0.3) is 5.91 Å². The first-order valence-electron chi connectivity index (χ1n) is 7.01. The summed E-state index contributed by atoms with van der Waals surface area (Å²) >= 11 is 1.53. The van der Waals surface area contributed by atoms with Gasteiger partial charge in [0.15, 0.2) is 5.69 Å². The van der Waals surface area contributed by atoms with Crippen molar-refractivity contribution in [2.24, 2.45) is 0 Å². The fourth-order valence-corrected chi connectivity index (χ4v) is 2.50. The van der Waals surface area contributed by atoms with Crippen molar-refractivity contribution in [2.45, 2.75) is 6.92 Å². The van der Waals surface area contributed by atoms with Crippen molar-refractivity contribution in [3.8, 4) is 5.69 Å². The van der Waals surface area contributed by atoms with E-state index < -0.39 is 23.4 Å². The molecular weight excluding hydrogens is 448 g/mol. The van der Waals surface area contributed by atoms with Crippen LogP contribution in [0.1, 0.15) is 16.2 Å². The molecule has 9 heteroatoms. The lowest BCUT2D eigenvalue weighted by Crippen LogP contribution is -2.15. The number of rotatable bonds is 3. The minimum absolute atomic E-state index is 0.0105. The van der Waals surface area contributed by atoms with E-state index in [4.69, 9.17) is 0 Å². The highest BCUT2D eigenvalue weighted by molar-refractivity contribution is 14.1. The van der Waals surface area contributed by atoms with Gasteiger partial charge in [-0.2, -0.15) is 0 Å². The lowest BCUT2D eigenvalue weighted by molar-refractivity contribution is 0.102. The van der Waals surface area contributed by atoms with Crippen LogP contribution < -0.4 is 5.32 Å². The Balaban J connectivity index is 1.87. The van der Waals surface area contributed by atoms with Gasteiger partial charge in [0.05, 0.1) is 15.0 Å². The van der Waals surface area contributed by atoms with Crippen LogP contribution in [-0.2, 0) is 0 Å². The summed E-state index contributed by atoms with van der Waals surface area (Å²) in [7, 11) is 0. The van der Waals surface area contributed by atoms with Crippen molar-refractivity contribution < 1.29 is 18.0 Å². The van der Waals surface area contributed by atoms with Gasteiger partial charge in [0.1, 0.15) is 17.5 Å². The standard InChI is InChI=1S/C16H10F3IN4O/c1-8-15(22-23-24(8)11-4-2-9(17)3-5-11)16(25)21-10-6-12(18)14(20)13(19)7-10/h2-7H,1H3,(H,21,25). The zero-order chi connectivity index (χ0) is 18.1. The number of aromatic nitrogens is 3. The van der Waals surface area contributed by atoms with E-state index in [2.05, 4.69) is 15.6 Å². The van der Waals surface area contributed by atoms with Gasteiger partial charge in [-0.05, 0) is 65.9 Å². The van der Waals surface area contributed by atoms with E-state index in [1.807, 2.05) is 0 Å². The first-order valence-corrected chi connectivity index (χ1v) is 8.09. The predicted molar refractivity (Wildman–Crippen MR) is 93.1 cm³/mol. The average Bonchev–Trinajstić information content (AvgIpc) is 2.95. The Bertz CT molecular complexity index is 934. The molecule has 0 aliphatic heterocycles. The molecule has 0 saturated heterocycles. The Morgan fingerprint density at radius 3 is 2.32 bits per heavy atom. The van der Waals surface area contributed by atoms with Crippen LogP contribution in [0.4, 0.5) is 18.9 Å². The van der Waals surface area contributed by atoms with Crippen LogP contribution in [0.15, 0.2) is 36.4 Å². The first kappa shape index (κ1) is 17.4. The Labute approximate surface area is 154 Å². The van der Waals surface area contributed by atoms with E-state index in [0.29, 0.717) is 11.4 Å². The molecule has 3 aromatic rings. The first-order chi connectivity index (χ1) is 11.9. The van der Waals surface area contributed by atoms with Crippen LogP contribution >= 0.6 is 22.6 Å². The number of anilines is 1. The third kappa shape index (κ3) is 3.50. The molecule has 3 rings (SSSR count). The van der Waals surface area contributed by atoms with Crippen LogP contribution in [0.3, 0.4) is 0 Å². The Morgan fingerprint density at radius 2 is 1.72 bits per heavy atom. The molecule has 1 amide bonds. The molecule has 5 nitrogen and oxygen atoms in total. The second-order valence-electron chi connectivity index (χ2n) is 5.12. The van der Waals surface area contributed by atoms with E-state index in [1.54, 1.807) is 6.92 Å². The fourth-order valence-electron chi connectivity index (χ4n) is 2.18. The molecule has 0 aliphatic carbocycles. The lowest BCUT2D eigenvalue weighted by atomic mass is 10.2. The molecule has 0 unspecified atom stereocenters. The molecule has 1 aromatic heterocycles. The minimum Gasteiger partial charge on any atom is -0.320 e. The molecule has 25 heavy (non-hydrogen) atoms. The average molecular weight is 458 g/mol. The zero-order valence-electron chi connectivity index (χ0n) is 12.7. The van der Waals surface area contributed by atoms with Crippen molar-refractivity contribution >= 4 is 34.2 Å². The molecule has 0 spiro atoms. The number of hydrogen-bond donors (Lipinski definition) is 1. The number of benzene rings is 2. The lowest BCUT2D eigenvalue weighted by Gasteiger charge is -2.06. The zero-order valence-corrected chi connectivity index (χ0v) is 14.9. The van der Waals surface area contributed by atoms with E-state index in [0.717, 1.165) is 12.1 Å². The van der Waals surface area contributed by atoms with Gasteiger partial charge in [-0.25, -0.2) is 17.9 Å². The molecule has 0 aliphatic rings. The molecule has 0 atom stereocenters. The van der Waals surface area contributed by atoms with E-state index in [-0.39, 0.29) is 15.0 Å². The summed E-state index contributed by atoms with van der Waals surface area (Å²) in [6, 6.07) is 7.52. The normalized spacial score (nSPS) is 10.8. The maximum Gasteiger partial charge on any atom is 0.278 e. The molecule has 2 aromatic carbocycles. The van der Waals surface area contributed by atoms with Crippen molar-refractivity contribution in [1.82, 2.24) is 15.0 Å². The topological polar surface area (TPSA) is 59.8 Å². The summed E-state index contributed by atoms with van der Waals surface area (Å²) < 4.78 is 41.3. The Kier molecular flexibility index (Phi) is 4.75. The third-order valence-electron chi connectivity index (χ3n) is 3.42. The quantitative estimate of drug-likeness (QED) is 0.480. The van der Waals surface area contributed by atoms with Crippen molar-refractivity contribution in [2.75, 3.05) is 5.32 Å². The number of hydrogen-bond acceptors (Lipinski definition) is 3. The van der Waals surface area contributed by atoms with Crippen LogP contribution in [0.5, 0.6) is 0 Å². The highest BCUT2D eigenvalue weighted by atomic mass is 127. The molecule has 0 bridgehead atoms. The predicted octanol–water partition coefficient (Wildman–Crippen LogP) is 3.85. The number of carbonyl (C=O) groups is 1. The highest BCUT2D eigenvalue weighted by Gasteiger charge is 2.19. The monoisotopic (exact) mass is 458 g/mol. The smallest absolute Gasteiger partial charge is 0.278 e. The van der Waals surface area contributed by atoms with Crippen LogP contribution in [0.2, 0.25) is 0 Å². The molecule has 1 N–H and O–H groups in total. The molecule has 128 valence electrons. The summed E-state index contributed by atoms with van der Waals surface area (Å²) in [5, 5.41) is 10.0. The van der Waals surface area contributed by atoms with Gasteiger partial charge in [-0.15, -0.1) is 5.10 Å². The maximum atomic E-state index is 13.6. The number of nitrogens with one attached hydrogen (secondary N) is 1. The maximum absolute atomic E-state index is 13.6. The van der Waals surface area contributed by atoms with Crippen molar-refractivity contribution in [1.29, 1.82) is 0 Å². The summed E-state index contributed by atoms with van der Waals surface area (Å²) in [6.07, 6.45) is 0. The van der Waals surface area contributed by atoms with Gasteiger partial charge in [-0.3, -0.25) is 4.79 Å². The third-order valence-corrected chi connectivity index (χ3v) is 4.45.